The van der Waals surface area contributed by atoms with Gasteiger partial charge in [0.1, 0.15) is 5.15 Å². The highest BCUT2D eigenvalue weighted by molar-refractivity contribution is 6.58. The number of carbonyl (C=O) groups is 2. The Morgan fingerprint density at radius 3 is 1.64 bits per heavy atom. The molecule has 4 amide bonds. The van der Waals surface area contributed by atoms with Crippen molar-refractivity contribution in [2.24, 2.45) is 0 Å². The van der Waals surface area contributed by atoms with E-state index in [-0.39, 0.29) is 24.1 Å². The summed E-state index contributed by atoms with van der Waals surface area (Å²) in [6.45, 7) is 3.46. The van der Waals surface area contributed by atoms with E-state index >= 15 is 0 Å². The third kappa shape index (κ3) is 8.86. The van der Waals surface area contributed by atoms with E-state index in [1.807, 2.05) is 24.4 Å². The molecule has 6 aromatic heterocycles. The number of urea groups is 2. The molecule has 2 saturated carbocycles. The maximum atomic E-state index is 13.2. The van der Waals surface area contributed by atoms with Crippen molar-refractivity contribution in [2.75, 3.05) is 56.4 Å². The van der Waals surface area contributed by atoms with Crippen molar-refractivity contribution in [1.82, 2.24) is 39.9 Å². The lowest BCUT2D eigenvalue weighted by Gasteiger charge is -2.35. The molecule has 2 aliphatic carbocycles. The molecule has 0 aromatic carbocycles. The largest absolute Gasteiger partial charge is 0.490 e. The second kappa shape index (κ2) is 17.7. The summed E-state index contributed by atoms with van der Waals surface area (Å²) in [7, 11) is -1.40. The fraction of sp³-hybridized carbons (Fsp3) is 0.318. The fourth-order valence-electron chi connectivity index (χ4n) is 8.51. The summed E-state index contributed by atoms with van der Waals surface area (Å²) < 4.78 is 0. The summed E-state index contributed by atoms with van der Waals surface area (Å²) in [4.78, 5) is 68.1. The molecule has 10 heterocycles. The number of halogens is 1. The van der Waals surface area contributed by atoms with Gasteiger partial charge in [-0.2, -0.15) is 0 Å². The number of pyridine rings is 4. The Hall–Kier alpha value is -6.83. The fourth-order valence-corrected chi connectivity index (χ4v) is 8.66. The van der Waals surface area contributed by atoms with Crippen molar-refractivity contribution in [2.45, 2.75) is 62.4 Å². The van der Waals surface area contributed by atoms with Crippen LogP contribution in [-0.2, 0) is 0 Å². The van der Waals surface area contributed by atoms with Crippen molar-refractivity contribution in [3.8, 4) is 11.3 Å². The van der Waals surface area contributed by atoms with Gasteiger partial charge in [0.15, 0.2) is 23.3 Å². The summed E-state index contributed by atoms with van der Waals surface area (Å²) in [6.07, 6.45) is 19.4. The van der Waals surface area contributed by atoms with Crippen molar-refractivity contribution < 1.29 is 19.6 Å². The zero-order valence-corrected chi connectivity index (χ0v) is 35.4. The zero-order chi connectivity index (χ0) is 43.7. The predicted octanol–water partition coefficient (Wildman–Crippen LogP) is 5.24. The van der Waals surface area contributed by atoms with Crippen LogP contribution in [0.2, 0.25) is 5.15 Å². The molecule has 4 aliphatic heterocycles. The molecule has 0 radical (unpaired) electrons. The standard InChI is InChI=1S/C22H21N7O.C14H13ClN6O.C8H10BNO2/c30-22(27-20-12-23-8-9-24-20)29-16-7-10-28(13-16)19-6-5-18(26-21(19)29)15-3-4-17(25-11-15)14-1-2-14;15-11-2-1-10-13(18-11)21(9-3-6-20(10)8-9)14(22)19-12-7-16-4-5-17-12;11-9(12)7-3-4-8(10-5-7)6-1-2-6/h3-6,8-9,11-12,14,16H,1-2,7,10,13H2,(H,24,27,30);1-2,4-5,7,9H,3,6,8H2,(H,17,19,22);3-6,11-12H,1-2H2/t16-;9-;/m00./s1. The Labute approximate surface area is 374 Å². The molecule has 4 fully saturated rings. The van der Waals surface area contributed by atoms with Crippen LogP contribution in [0, 0.1) is 0 Å². The van der Waals surface area contributed by atoms with Gasteiger partial charge in [-0.1, -0.05) is 17.7 Å². The van der Waals surface area contributed by atoms with E-state index in [9.17, 15) is 9.59 Å². The van der Waals surface area contributed by atoms with Gasteiger partial charge in [-0.3, -0.25) is 40.4 Å². The van der Waals surface area contributed by atoms with Crippen LogP contribution in [0.25, 0.3) is 11.3 Å². The molecular formula is C44H44BClN14O4. The van der Waals surface area contributed by atoms with Gasteiger partial charge in [0, 0.05) is 97.6 Å². The van der Waals surface area contributed by atoms with Crippen LogP contribution in [0.5, 0.6) is 0 Å². The Morgan fingerprint density at radius 2 is 1.16 bits per heavy atom. The van der Waals surface area contributed by atoms with E-state index in [2.05, 4.69) is 73.5 Å². The third-order valence-electron chi connectivity index (χ3n) is 12.1. The highest BCUT2D eigenvalue weighted by Crippen LogP contribution is 2.43. The number of anilines is 6. The maximum Gasteiger partial charge on any atom is 0.490 e. The number of fused-ring (bicyclic) bond motifs is 8. The Bertz CT molecular complexity index is 2610. The number of hydrogen-bond acceptors (Lipinski definition) is 14. The normalized spacial score (nSPS) is 18.7. The summed E-state index contributed by atoms with van der Waals surface area (Å²) in [5.74, 6) is 3.38. The lowest BCUT2D eigenvalue weighted by Crippen LogP contribution is -2.48. The summed E-state index contributed by atoms with van der Waals surface area (Å²) in [5.41, 5.74) is 6.40. The van der Waals surface area contributed by atoms with Gasteiger partial charge in [-0.05, 0) is 81.0 Å². The summed E-state index contributed by atoms with van der Waals surface area (Å²) >= 11 is 6.01. The van der Waals surface area contributed by atoms with Gasteiger partial charge >= 0.3 is 19.2 Å². The van der Waals surface area contributed by atoms with Crippen LogP contribution in [0.4, 0.5) is 44.2 Å². The molecule has 2 saturated heterocycles. The lowest BCUT2D eigenvalue weighted by atomic mass is 9.81. The topological polar surface area (TPSA) is 215 Å². The van der Waals surface area contributed by atoms with Crippen LogP contribution in [0.1, 0.15) is 61.7 Å². The van der Waals surface area contributed by atoms with Gasteiger partial charge in [-0.15, -0.1) is 0 Å². The quantitative estimate of drug-likeness (QED) is 0.125. The molecular weight excluding hydrogens is 835 g/mol. The van der Waals surface area contributed by atoms with Gasteiger partial charge in [0.2, 0.25) is 0 Å². The average molecular weight is 879 g/mol. The first-order valence-electron chi connectivity index (χ1n) is 21.4. The zero-order valence-electron chi connectivity index (χ0n) is 34.7. The van der Waals surface area contributed by atoms with Gasteiger partial charge in [0.05, 0.1) is 41.5 Å². The number of amides is 4. The minimum Gasteiger partial charge on any atom is -0.423 e. The van der Waals surface area contributed by atoms with Gasteiger partial charge in [0.25, 0.3) is 0 Å². The van der Waals surface area contributed by atoms with Crippen LogP contribution >= 0.6 is 11.6 Å². The number of carbonyl (C=O) groups excluding carboxylic acids is 2. The van der Waals surface area contributed by atoms with E-state index in [0.29, 0.717) is 45.7 Å². The van der Waals surface area contributed by atoms with Gasteiger partial charge in [-0.25, -0.2) is 29.5 Å². The first-order chi connectivity index (χ1) is 31.3. The first-order valence-corrected chi connectivity index (χ1v) is 21.8. The number of hydrogen-bond donors (Lipinski definition) is 4. The second-order valence-electron chi connectivity index (χ2n) is 16.5. The lowest BCUT2D eigenvalue weighted by molar-refractivity contribution is 0.254. The predicted molar refractivity (Wildman–Crippen MR) is 243 cm³/mol. The van der Waals surface area contributed by atoms with E-state index in [1.54, 1.807) is 46.7 Å². The smallest absolute Gasteiger partial charge is 0.423 e. The molecule has 6 aliphatic rings. The molecule has 20 heteroatoms. The molecule has 0 spiro atoms. The van der Waals surface area contributed by atoms with Crippen LogP contribution < -0.4 is 35.7 Å². The average Bonchev–Trinajstić information content (AvgIpc) is 4.27. The Balaban J connectivity index is 0.000000124. The summed E-state index contributed by atoms with van der Waals surface area (Å²) in [5, 5.41) is 23.6. The second-order valence-corrected chi connectivity index (χ2v) is 16.9. The highest BCUT2D eigenvalue weighted by atomic mass is 35.5. The molecule has 324 valence electrons. The van der Waals surface area contributed by atoms with Crippen molar-refractivity contribution in [3.05, 3.63) is 115 Å². The van der Waals surface area contributed by atoms with Crippen molar-refractivity contribution >= 4 is 70.9 Å². The minimum absolute atomic E-state index is 0.0901. The molecule has 64 heavy (non-hydrogen) atoms. The van der Waals surface area contributed by atoms with Crippen molar-refractivity contribution in [1.29, 1.82) is 0 Å². The van der Waals surface area contributed by atoms with E-state index < -0.39 is 7.12 Å². The number of aromatic nitrogens is 8. The minimum atomic E-state index is -1.40. The van der Waals surface area contributed by atoms with Crippen LogP contribution in [0.3, 0.4) is 0 Å². The molecule has 2 atom stereocenters. The van der Waals surface area contributed by atoms with Gasteiger partial charge < -0.3 is 19.8 Å². The third-order valence-corrected chi connectivity index (χ3v) is 12.3. The molecule has 0 unspecified atom stereocenters. The molecule has 4 N–H and O–H groups in total. The molecule has 12 rings (SSSR count). The first kappa shape index (κ1) is 41.2. The molecule has 4 bridgehead atoms. The van der Waals surface area contributed by atoms with Crippen LogP contribution in [-0.4, -0.2) is 107 Å². The Morgan fingerprint density at radius 1 is 0.609 bits per heavy atom. The SMILES string of the molecule is O=C(Nc1cnccn1)N1c2nc(-c3ccc(C4CC4)nc3)ccc2N2CC[C@H]1C2.O=C(Nc1cnccn1)N1c2nc(Cl)ccc2N2CC[C@H]1C2.OB(O)c1ccc(C2CC2)nc1. The van der Waals surface area contributed by atoms with E-state index in [4.69, 9.17) is 26.6 Å². The summed E-state index contributed by atoms with van der Waals surface area (Å²) in [6, 6.07) is 15.2. The molecule has 6 aromatic rings. The molecule has 18 nitrogen and oxygen atoms in total. The Kier molecular flexibility index (Phi) is 11.4. The number of nitrogens with zero attached hydrogens (tertiary/aromatic N) is 12. The van der Waals surface area contributed by atoms with Crippen LogP contribution in [0.15, 0.2) is 98.1 Å². The van der Waals surface area contributed by atoms with E-state index in [0.717, 1.165) is 73.0 Å². The number of nitrogens with one attached hydrogen (secondary N) is 2. The van der Waals surface area contributed by atoms with Crippen molar-refractivity contribution in [3.63, 3.8) is 0 Å². The van der Waals surface area contributed by atoms with E-state index in [1.165, 1.54) is 44.3 Å². The maximum absolute atomic E-state index is 13.2. The monoisotopic (exact) mass is 878 g/mol. The number of rotatable bonds is 6. The highest BCUT2D eigenvalue weighted by Gasteiger charge is 2.42.